The van der Waals surface area contributed by atoms with Crippen LogP contribution in [-0.4, -0.2) is 42.1 Å². The van der Waals surface area contributed by atoms with Crippen molar-refractivity contribution < 1.29 is 19.1 Å². The quantitative estimate of drug-likeness (QED) is 0.629. The SMILES string of the molecule is COC(=O)C1[C@H]2C=CC3(CN(C(C)c4ccccc4)C(=O)[C@@H]13)O2. The molecule has 2 saturated heterocycles. The molecule has 3 aliphatic rings. The molecular weight excluding hydrogens is 294 g/mol. The van der Waals surface area contributed by atoms with E-state index in [0.29, 0.717) is 6.54 Å². The Hall–Kier alpha value is -2.14. The maximum atomic E-state index is 13.0. The van der Waals surface area contributed by atoms with E-state index in [1.165, 1.54) is 7.11 Å². The van der Waals surface area contributed by atoms with Crippen LogP contribution >= 0.6 is 0 Å². The number of esters is 1. The standard InChI is InChI=1S/C18H19NO4/c1-11(12-6-4-3-5-7-12)19-10-18-9-8-13(23-18)14(17(21)22-2)15(18)16(19)20/h3-9,11,13-15H,10H2,1-2H3/t11?,13-,14?,15-,18?/m1/s1. The average Bonchev–Trinajstić information content (AvgIpc) is 3.22. The van der Waals surface area contributed by atoms with Gasteiger partial charge in [-0.2, -0.15) is 0 Å². The number of rotatable bonds is 3. The Labute approximate surface area is 134 Å². The molecule has 0 N–H and O–H groups in total. The first-order chi connectivity index (χ1) is 11.1. The normalized spacial score (nSPS) is 35.5. The lowest BCUT2D eigenvalue weighted by Crippen LogP contribution is -2.39. The van der Waals surface area contributed by atoms with Crippen LogP contribution in [0.5, 0.6) is 0 Å². The van der Waals surface area contributed by atoms with Crippen LogP contribution in [0.15, 0.2) is 42.5 Å². The molecule has 1 aromatic carbocycles. The van der Waals surface area contributed by atoms with E-state index in [-0.39, 0.29) is 24.0 Å². The number of ether oxygens (including phenoxy) is 2. The maximum Gasteiger partial charge on any atom is 0.312 e. The van der Waals surface area contributed by atoms with Crippen molar-refractivity contribution in [1.29, 1.82) is 0 Å². The summed E-state index contributed by atoms with van der Waals surface area (Å²) in [4.78, 5) is 27.0. The Balaban J connectivity index is 1.67. The highest BCUT2D eigenvalue weighted by Gasteiger charge is 2.67. The molecule has 5 atom stereocenters. The minimum absolute atomic E-state index is 0.0244. The fourth-order valence-corrected chi connectivity index (χ4v) is 4.17. The number of methoxy groups -OCH3 is 1. The van der Waals surface area contributed by atoms with Crippen LogP contribution in [-0.2, 0) is 19.1 Å². The lowest BCUT2D eigenvalue weighted by molar-refractivity contribution is -0.151. The van der Waals surface area contributed by atoms with Crippen LogP contribution in [0.3, 0.4) is 0 Å². The van der Waals surface area contributed by atoms with Crippen molar-refractivity contribution in [1.82, 2.24) is 4.90 Å². The molecule has 0 radical (unpaired) electrons. The van der Waals surface area contributed by atoms with Crippen LogP contribution in [0.4, 0.5) is 0 Å². The van der Waals surface area contributed by atoms with Gasteiger partial charge in [0.25, 0.3) is 0 Å². The number of nitrogens with zero attached hydrogens (tertiary/aromatic N) is 1. The second-order valence-electron chi connectivity index (χ2n) is 6.48. The number of hydrogen-bond acceptors (Lipinski definition) is 4. The molecule has 3 heterocycles. The van der Waals surface area contributed by atoms with E-state index in [4.69, 9.17) is 9.47 Å². The van der Waals surface area contributed by atoms with Crippen LogP contribution in [0.2, 0.25) is 0 Å². The Morgan fingerprint density at radius 1 is 1.39 bits per heavy atom. The van der Waals surface area contributed by atoms with Crippen molar-refractivity contribution in [2.24, 2.45) is 11.8 Å². The highest BCUT2D eigenvalue weighted by molar-refractivity contribution is 5.91. The van der Waals surface area contributed by atoms with E-state index in [1.54, 1.807) is 0 Å². The van der Waals surface area contributed by atoms with E-state index in [0.717, 1.165) is 5.56 Å². The summed E-state index contributed by atoms with van der Waals surface area (Å²) in [6.45, 7) is 2.49. The average molecular weight is 313 g/mol. The fraction of sp³-hybridized carbons (Fsp3) is 0.444. The molecule has 4 rings (SSSR count). The minimum Gasteiger partial charge on any atom is -0.469 e. The van der Waals surface area contributed by atoms with Gasteiger partial charge in [0.05, 0.1) is 31.7 Å². The van der Waals surface area contributed by atoms with Gasteiger partial charge in [-0.3, -0.25) is 9.59 Å². The molecule has 120 valence electrons. The zero-order valence-corrected chi connectivity index (χ0v) is 13.1. The Morgan fingerprint density at radius 2 is 2.13 bits per heavy atom. The molecule has 3 unspecified atom stereocenters. The van der Waals surface area contributed by atoms with Crippen LogP contribution < -0.4 is 0 Å². The van der Waals surface area contributed by atoms with Gasteiger partial charge < -0.3 is 14.4 Å². The van der Waals surface area contributed by atoms with Crippen molar-refractivity contribution in [3.63, 3.8) is 0 Å². The largest absolute Gasteiger partial charge is 0.469 e. The van der Waals surface area contributed by atoms with E-state index < -0.39 is 17.4 Å². The predicted molar refractivity (Wildman–Crippen MR) is 82.3 cm³/mol. The molecule has 1 aromatic rings. The van der Waals surface area contributed by atoms with Gasteiger partial charge in [0.15, 0.2) is 0 Å². The molecule has 0 aromatic heterocycles. The van der Waals surface area contributed by atoms with E-state index in [9.17, 15) is 9.59 Å². The summed E-state index contributed by atoms with van der Waals surface area (Å²) in [5.74, 6) is -1.40. The summed E-state index contributed by atoms with van der Waals surface area (Å²) < 4.78 is 10.9. The summed E-state index contributed by atoms with van der Waals surface area (Å²) in [5.41, 5.74) is 0.397. The lowest BCUT2D eigenvalue weighted by Gasteiger charge is -2.27. The van der Waals surface area contributed by atoms with Crippen molar-refractivity contribution in [3.05, 3.63) is 48.0 Å². The third-order valence-corrected chi connectivity index (χ3v) is 5.35. The molecule has 5 heteroatoms. The van der Waals surface area contributed by atoms with Crippen LogP contribution in [0.1, 0.15) is 18.5 Å². The first-order valence-electron chi connectivity index (χ1n) is 7.88. The fourth-order valence-electron chi connectivity index (χ4n) is 4.17. The molecule has 0 saturated carbocycles. The monoisotopic (exact) mass is 313 g/mol. The molecule has 5 nitrogen and oxygen atoms in total. The highest BCUT2D eigenvalue weighted by atomic mass is 16.5. The number of fused-ring (bicyclic) bond motifs is 1. The molecule has 2 bridgehead atoms. The number of benzene rings is 1. The first kappa shape index (κ1) is 14.5. The summed E-state index contributed by atoms with van der Waals surface area (Å²) in [6, 6.07) is 9.84. The number of likely N-dealkylation sites (tertiary alicyclic amines) is 1. The van der Waals surface area contributed by atoms with E-state index >= 15 is 0 Å². The van der Waals surface area contributed by atoms with Gasteiger partial charge in [-0.05, 0) is 12.5 Å². The third kappa shape index (κ3) is 1.89. The smallest absolute Gasteiger partial charge is 0.312 e. The molecule has 2 fully saturated rings. The Morgan fingerprint density at radius 3 is 2.83 bits per heavy atom. The zero-order chi connectivity index (χ0) is 16.2. The number of carbonyl (C=O) groups is 2. The molecule has 3 aliphatic heterocycles. The number of amides is 1. The first-order valence-corrected chi connectivity index (χ1v) is 7.88. The minimum atomic E-state index is -0.677. The Kier molecular flexibility index (Phi) is 3.10. The highest BCUT2D eigenvalue weighted by Crippen LogP contribution is 2.53. The van der Waals surface area contributed by atoms with Crippen LogP contribution in [0, 0.1) is 11.8 Å². The zero-order valence-electron chi connectivity index (χ0n) is 13.1. The Bertz CT molecular complexity index is 686. The van der Waals surface area contributed by atoms with Crippen molar-refractivity contribution in [2.45, 2.75) is 24.7 Å². The van der Waals surface area contributed by atoms with Gasteiger partial charge in [-0.1, -0.05) is 42.5 Å². The van der Waals surface area contributed by atoms with Gasteiger partial charge in [-0.25, -0.2) is 0 Å². The topological polar surface area (TPSA) is 55.8 Å². The molecule has 23 heavy (non-hydrogen) atoms. The second kappa shape index (κ2) is 4.93. The summed E-state index contributed by atoms with van der Waals surface area (Å²) >= 11 is 0. The van der Waals surface area contributed by atoms with Gasteiger partial charge in [0, 0.05) is 0 Å². The predicted octanol–water partition coefficient (Wildman–Crippen LogP) is 1.70. The van der Waals surface area contributed by atoms with Crippen LogP contribution in [0.25, 0.3) is 0 Å². The van der Waals surface area contributed by atoms with Crippen molar-refractivity contribution >= 4 is 11.9 Å². The molecule has 1 amide bonds. The van der Waals surface area contributed by atoms with Gasteiger partial charge in [0.1, 0.15) is 11.5 Å². The van der Waals surface area contributed by atoms with E-state index in [1.807, 2.05) is 54.3 Å². The number of carbonyl (C=O) groups excluding carboxylic acids is 2. The van der Waals surface area contributed by atoms with Crippen molar-refractivity contribution in [3.8, 4) is 0 Å². The van der Waals surface area contributed by atoms with Gasteiger partial charge in [-0.15, -0.1) is 0 Å². The summed E-state index contributed by atoms with van der Waals surface area (Å²) in [5, 5.41) is 0. The van der Waals surface area contributed by atoms with Crippen molar-refractivity contribution in [2.75, 3.05) is 13.7 Å². The lowest BCUT2D eigenvalue weighted by atomic mass is 9.77. The number of hydrogen-bond donors (Lipinski definition) is 0. The molecule has 1 spiro atoms. The molecule has 0 aliphatic carbocycles. The second-order valence-corrected chi connectivity index (χ2v) is 6.48. The summed E-state index contributed by atoms with van der Waals surface area (Å²) in [6.07, 6.45) is 3.50. The molecular formula is C18H19NO4. The van der Waals surface area contributed by atoms with Gasteiger partial charge in [0.2, 0.25) is 5.91 Å². The van der Waals surface area contributed by atoms with E-state index in [2.05, 4.69) is 0 Å². The van der Waals surface area contributed by atoms with Gasteiger partial charge >= 0.3 is 5.97 Å². The third-order valence-electron chi connectivity index (χ3n) is 5.35. The maximum absolute atomic E-state index is 13.0. The summed E-state index contributed by atoms with van der Waals surface area (Å²) in [7, 11) is 1.36.